The van der Waals surface area contributed by atoms with Crippen LogP contribution in [0.4, 0.5) is 0 Å². The summed E-state index contributed by atoms with van der Waals surface area (Å²) in [6, 6.07) is 44.3. The second-order valence-corrected chi connectivity index (χ2v) is 12.9. The summed E-state index contributed by atoms with van der Waals surface area (Å²) in [5, 5.41) is 5.54. The average Bonchev–Trinajstić information content (AvgIpc) is 3.81. The Balaban J connectivity index is 1.24. The fourth-order valence-corrected chi connectivity index (χ4v) is 7.53. The van der Waals surface area contributed by atoms with Crippen molar-refractivity contribution in [2.75, 3.05) is 0 Å². The van der Waals surface area contributed by atoms with Crippen molar-refractivity contribution in [2.45, 2.75) is 0 Å². The Morgan fingerprint density at radius 1 is 0.519 bits per heavy atom. The smallest absolute Gasteiger partial charge is 0.161 e. The number of hydrogen-bond donors (Lipinski definition) is 0. The van der Waals surface area contributed by atoms with E-state index >= 15 is 0 Å². The first-order valence-electron chi connectivity index (χ1n) is 20.1. The predicted octanol–water partition coefficient (Wildman–Crippen LogP) is 12.8. The van der Waals surface area contributed by atoms with E-state index in [-0.39, 0.29) is 63.1 Å². The molecule has 0 amide bonds. The minimum Gasteiger partial charge on any atom is -0.456 e. The molecule has 0 N–H and O–H groups in total. The largest absolute Gasteiger partial charge is 0.456 e. The van der Waals surface area contributed by atoms with Gasteiger partial charge in [-0.15, -0.1) is 0 Å². The van der Waals surface area contributed by atoms with Crippen molar-refractivity contribution in [2.24, 2.45) is 0 Å². The van der Waals surface area contributed by atoms with E-state index in [9.17, 15) is 2.74 Å². The van der Waals surface area contributed by atoms with Crippen LogP contribution >= 0.6 is 0 Å². The zero-order chi connectivity index (χ0) is 39.4. The van der Waals surface area contributed by atoms with Gasteiger partial charge in [0.15, 0.2) is 5.82 Å². The fraction of sp³-hybridized carbons (Fsp3) is 0. The molecule has 0 atom stereocenters. The average molecular weight is 670 g/mol. The van der Waals surface area contributed by atoms with E-state index < -0.39 is 12.1 Å². The molecule has 0 aliphatic heterocycles. The van der Waals surface area contributed by atoms with Gasteiger partial charge >= 0.3 is 0 Å². The van der Waals surface area contributed by atoms with E-state index in [1.54, 1.807) is 0 Å². The molecule has 0 saturated heterocycles. The van der Waals surface area contributed by atoms with Crippen molar-refractivity contribution in [3.63, 3.8) is 0 Å². The maximum absolute atomic E-state index is 10.0. The number of rotatable bonds is 4. The number of fused-ring (bicyclic) bond motifs is 8. The van der Waals surface area contributed by atoms with Crippen molar-refractivity contribution >= 4 is 65.4 Å². The number of para-hydroxylation sites is 3. The van der Waals surface area contributed by atoms with Gasteiger partial charge in [-0.2, -0.15) is 0 Å². The quantitative estimate of drug-likeness (QED) is 0.187. The Labute approximate surface area is 307 Å². The second kappa shape index (κ2) is 11.2. The number of benzene rings is 8. The van der Waals surface area contributed by atoms with E-state index in [2.05, 4.69) is 41.0 Å². The summed E-state index contributed by atoms with van der Waals surface area (Å²) in [5.41, 5.74) is 5.94. The van der Waals surface area contributed by atoms with E-state index in [0.29, 0.717) is 16.8 Å². The van der Waals surface area contributed by atoms with E-state index in [0.717, 1.165) is 49.2 Å². The molecule has 0 aliphatic rings. The summed E-state index contributed by atoms with van der Waals surface area (Å²) in [7, 11) is 0. The topological polar surface area (TPSA) is 43.9 Å². The molecule has 4 heteroatoms. The minimum atomic E-state index is -0.448. The maximum atomic E-state index is 10.0. The molecule has 52 heavy (non-hydrogen) atoms. The Morgan fingerprint density at radius 3 is 2.17 bits per heavy atom. The molecule has 8 aromatic carbocycles. The van der Waals surface area contributed by atoms with Crippen LogP contribution in [0, 0.1) is 0 Å². The molecule has 3 heterocycles. The van der Waals surface area contributed by atoms with Crippen LogP contribution in [0.2, 0.25) is 0 Å². The first kappa shape index (κ1) is 23.4. The van der Waals surface area contributed by atoms with Gasteiger partial charge in [-0.25, -0.2) is 9.97 Å². The lowest BCUT2D eigenvalue weighted by Gasteiger charge is -2.13. The monoisotopic (exact) mass is 669 g/mol. The van der Waals surface area contributed by atoms with Crippen LogP contribution in [0.5, 0.6) is 0 Å². The highest BCUT2D eigenvalue weighted by molar-refractivity contribution is 6.15. The van der Waals surface area contributed by atoms with Gasteiger partial charge in [0.05, 0.1) is 30.5 Å². The van der Waals surface area contributed by atoms with Crippen molar-refractivity contribution in [3.8, 4) is 39.5 Å². The van der Waals surface area contributed by atoms with Crippen molar-refractivity contribution < 1.29 is 12.6 Å². The predicted molar refractivity (Wildman–Crippen MR) is 215 cm³/mol. The van der Waals surface area contributed by atoms with E-state index in [1.807, 2.05) is 103 Å². The SMILES string of the molecule is [2H]c1c([2H])c([2H])c2c(oc3c([2H])c(-c4cccc(-n5c6ccccc6c6cc7ccccc7cc65)c4)c([2H])c(-c4nc(-c5ccccc5)c5ccccc5n4)c32)c1[2H]. The Bertz CT molecular complexity index is 3540. The third kappa shape index (κ3) is 4.41. The van der Waals surface area contributed by atoms with Gasteiger partial charge in [0, 0.05) is 43.7 Å². The molecule has 4 nitrogen and oxygen atoms in total. The van der Waals surface area contributed by atoms with Crippen LogP contribution < -0.4 is 0 Å². The molecule has 0 unspecified atom stereocenters. The van der Waals surface area contributed by atoms with E-state index in [4.69, 9.17) is 19.9 Å². The standard InChI is InChI=1S/C48H29N3O/c1-2-13-30(14-3-1)47-37-20-6-9-22-41(37)49-48(50-47)40-27-34(29-45-46(40)38-21-8-11-24-44(38)52-45)31-17-12-18-35(25-31)51-42-23-10-7-19-36(42)39-26-32-15-4-5-16-33(32)28-43(39)51/h1-29H/i8D,11D,21D,24D,27D,29D. The van der Waals surface area contributed by atoms with Gasteiger partial charge in [-0.1, -0.05) is 121 Å². The maximum Gasteiger partial charge on any atom is 0.161 e. The molecule has 0 bridgehead atoms. The lowest BCUT2D eigenvalue weighted by atomic mass is 9.97. The third-order valence-electron chi connectivity index (χ3n) is 9.88. The minimum absolute atomic E-state index is 0.0229. The summed E-state index contributed by atoms with van der Waals surface area (Å²) in [6.07, 6.45) is 0. The van der Waals surface area contributed by atoms with Crippen LogP contribution in [0.1, 0.15) is 8.22 Å². The van der Waals surface area contributed by atoms with Crippen LogP contribution in [0.3, 0.4) is 0 Å². The number of hydrogen-bond acceptors (Lipinski definition) is 3. The molecule has 0 fully saturated rings. The van der Waals surface area contributed by atoms with Crippen molar-refractivity contribution in [3.05, 3.63) is 176 Å². The third-order valence-corrected chi connectivity index (χ3v) is 9.88. The van der Waals surface area contributed by atoms with Crippen LogP contribution in [-0.4, -0.2) is 14.5 Å². The molecule has 0 spiro atoms. The molecule has 242 valence electrons. The highest BCUT2D eigenvalue weighted by Crippen LogP contribution is 2.41. The lowest BCUT2D eigenvalue weighted by molar-refractivity contribution is 0.669. The van der Waals surface area contributed by atoms with Gasteiger partial charge in [-0.05, 0) is 76.4 Å². The first-order valence-corrected chi connectivity index (χ1v) is 17.1. The summed E-state index contributed by atoms with van der Waals surface area (Å²) >= 11 is 0. The van der Waals surface area contributed by atoms with Crippen LogP contribution in [0.15, 0.2) is 180 Å². The molecule has 3 aromatic heterocycles. The second-order valence-electron chi connectivity index (χ2n) is 12.9. The van der Waals surface area contributed by atoms with Gasteiger partial charge < -0.3 is 8.98 Å². The molecule has 11 rings (SSSR count). The molecule has 0 radical (unpaired) electrons. The summed E-state index contributed by atoms with van der Waals surface area (Å²) < 4.78 is 63.1. The van der Waals surface area contributed by atoms with Crippen molar-refractivity contribution in [1.29, 1.82) is 0 Å². The van der Waals surface area contributed by atoms with Gasteiger partial charge in [0.25, 0.3) is 0 Å². The zero-order valence-corrected chi connectivity index (χ0v) is 27.5. The van der Waals surface area contributed by atoms with Crippen LogP contribution in [-0.2, 0) is 0 Å². The molecule has 0 saturated carbocycles. The Hall–Kier alpha value is -7.04. The van der Waals surface area contributed by atoms with Crippen molar-refractivity contribution in [1.82, 2.24) is 14.5 Å². The van der Waals surface area contributed by atoms with Crippen LogP contribution in [0.25, 0.3) is 105 Å². The van der Waals surface area contributed by atoms with E-state index in [1.165, 1.54) is 0 Å². The van der Waals surface area contributed by atoms with Gasteiger partial charge in [-0.3, -0.25) is 0 Å². The zero-order valence-electron chi connectivity index (χ0n) is 33.5. The normalized spacial score (nSPS) is 13.5. The molecular formula is C48H29N3O. The summed E-state index contributed by atoms with van der Waals surface area (Å²) in [4.78, 5) is 10.1. The Morgan fingerprint density at radius 2 is 1.27 bits per heavy atom. The molecular weight excluding hydrogens is 635 g/mol. The highest BCUT2D eigenvalue weighted by atomic mass is 16.3. The molecule has 11 aromatic rings. The summed E-state index contributed by atoms with van der Waals surface area (Å²) in [6.45, 7) is 0. The highest BCUT2D eigenvalue weighted by Gasteiger charge is 2.20. The first-order chi connectivity index (χ1) is 28.3. The van der Waals surface area contributed by atoms with Gasteiger partial charge in [0.2, 0.25) is 0 Å². The van der Waals surface area contributed by atoms with Gasteiger partial charge in [0.1, 0.15) is 11.2 Å². The molecule has 0 aliphatic carbocycles. The number of furan rings is 1. The Kier molecular flexibility index (Phi) is 5.05. The number of nitrogens with zero attached hydrogens (tertiary/aromatic N) is 3. The number of aromatic nitrogens is 3. The lowest BCUT2D eigenvalue weighted by Crippen LogP contribution is -1.96. The summed E-state index contributed by atoms with van der Waals surface area (Å²) in [5.74, 6) is 0.175. The fourth-order valence-electron chi connectivity index (χ4n) is 7.53.